The first-order valence-electron chi connectivity index (χ1n) is 9.48. The predicted molar refractivity (Wildman–Crippen MR) is 115 cm³/mol. The highest BCUT2D eigenvalue weighted by Gasteiger charge is 2.28. The van der Waals surface area contributed by atoms with Gasteiger partial charge in [-0.3, -0.25) is 4.90 Å². The van der Waals surface area contributed by atoms with Crippen LogP contribution in [-0.2, 0) is 6.54 Å². The molecule has 0 bridgehead atoms. The topological polar surface area (TPSA) is 18.5 Å². The fourth-order valence-electron chi connectivity index (χ4n) is 3.63. The Morgan fingerprint density at radius 2 is 1.92 bits per heavy atom. The molecule has 2 aromatic carbocycles. The van der Waals surface area contributed by atoms with Crippen molar-refractivity contribution in [3.63, 3.8) is 0 Å². The Morgan fingerprint density at radius 3 is 2.62 bits per heavy atom. The monoisotopic (exact) mass is 367 g/mol. The summed E-state index contributed by atoms with van der Waals surface area (Å²) >= 11 is 5.73. The molecule has 4 heteroatoms. The lowest BCUT2D eigenvalue weighted by Crippen LogP contribution is -2.44. The third kappa shape index (κ3) is 4.63. The molecule has 1 aliphatic heterocycles. The van der Waals surface area contributed by atoms with Crippen LogP contribution in [0.25, 0.3) is 0 Å². The Kier molecular flexibility index (Phi) is 6.28. The van der Waals surface area contributed by atoms with E-state index in [4.69, 9.17) is 12.2 Å². The highest BCUT2D eigenvalue weighted by atomic mass is 32.1. The van der Waals surface area contributed by atoms with Crippen molar-refractivity contribution in [2.24, 2.45) is 0 Å². The second-order valence-electron chi connectivity index (χ2n) is 7.18. The van der Waals surface area contributed by atoms with Crippen molar-refractivity contribution in [1.29, 1.82) is 0 Å². The van der Waals surface area contributed by atoms with E-state index in [1.54, 1.807) is 0 Å². The van der Waals surface area contributed by atoms with Crippen molar-refractivity contribution >= 4 is 23.0 Å². The van der Waals surface area contributed by atoms with Gasteiger partial charge in [-0.15, -0.1) is 0 Å². The van der Waals surface area contributed by atoms with Gasteiger partial charge in [-0.2, -0.15) is 0 Å². The Bertz CT molecular complexity index is 744. The summed E-state index contributed by atoms with van der Waals surface area (Å²) in [7, 11) is 0. The second kappa shape index (κ2) is 8.65. The molecule has 1 saturated heterocycles. The number of thiocarbonyl (C=S) groups is 1. The Labute approximate surface area is 163 Å². The van der Waals surface area contributed by atoms with Gasteiger partial charge >= 0.3 is 0 Å². The molecule has 2 aromatic rings. The molecule has 0 aromatic heterocycles. The number of anilines is 1. The smallest absolute Gasteiger partial charge is 0.173 e. The van der Waals surface area contributed by atoms with Gasteiger partial charge in [-0.05, 0) is 68.2 Å². The molecule has 1 fully saturated rings. The molecular weight excluding hydrogens is 338 g/mol. The van der Waals surface area contributed by atoms with Crippen molar-refractivity contribution in [2.75, 3.05) is 25.0 Å². The summed E-state index contributed by atoms with van der Waals surface area (Å²) in [6.07, 6.45) is 1.16. The molecule has 1 atom stereocenters. The number of rotatable bonds is 5. The molecule has 26 heavy (non-hydrogen) atoms. The first-order valence-corrected chi connectivity index (χ1v) is 9.88. The van der Waals surface area contributed by atoms with E-state index in [2.05, 4.69) is 84.4 Å². The number of aryl methyl sites for hydroxylation is 2. The van der Waals surface area contributed by atoms with E-state index in [0.29, 0.717) is 6.04 Å². The number of nitrogens with one attached hydrogen (secondary N) is 1. The van der Waals surface area contributed by atoms with Crippen molar-refractivity contribution in [3.8, 4) is 0 Å². The van der Waals surface area contributed by atoms with E-state index < -0.39 is 0 Å². The van der Waals surface area contributed by atoms with Crippen LogP contribution >= 0.6 is 12.2 Å². The summed E-state index contributed by atoms with van der Waals surface area (Å²) in [5.41, 5.74) is 5.06. The molecule has 0 saturated carbocycles. The van der Waals surface area contributed by atoms with Gasteiger partial charge in [0.15, 0.2) is 5.11 Å². The third-order valence-corrected chi connectivity index (χ3v) is 5.63. The van der Waals surface area contributed by atoms with E-state index >= 15 is 0 Å². The van der Waals surface area contributed by atoms with E-state index in [-0.39, 0.29) is 0 Å². The number of hydrogen-bond acceptors (Lipinski definition) is 2. The number of hydrogen-bond donors (Lipinski definition) is 1. The molecule has 0 spiro atoms. The Hall–Kier alpha value is -1.91. The molecule has 1 unspecified atom stereocenters. The van der Waals surface area contributed by atoms with Gasteiger partial charge < -0.3 is 10.2 Å². The molecule has 1 N–H and O–H groups in total. The summed E-state index contributed by atoms with van der Waals surface area (Å²) in [6.45, 7) is 10.6. The zero-order valence-corrected chi connectivity index (χ0v) is 16.9. The maximum absolute atomic E-state index is 5.73. The predicted octanol–water partition coefficient (Wildman–Crippen LogP) is 4.60. The van der Waals surface area contributed by atoms with E-state index in [0.717, 1.165) is 43.4 Å². The fraction of sp³-hybridized carbons (Fsp3) is 0.409. The van der Waals surface area contributed by atoms with Crippen molar-refractivity contribution < 1.29 is 0 Å². The van der Waals surface area contributed by atoms with Crippen LogP contribution in [-0.4, -0.2) is 40.6 Å². The zero-order valence-electron chi connectivity index (χ0n) is 16.0. The SMILES string of the molecule is CCN(C(=S)Nc1ccc(C)c(C)c1)C1CCN(Cc2ccccc2)C1. The van der Waals surface area contributed by atoms with Crippen LogP contribution in [0, 0.1) is 13.8 Å². The second-order valence-corrected chi connectivity index (χ2v) is 7.57. The highest BCUT2D eigenvalue weighted by Crippen LogP contribution is 2.20. The van der Waals surface area contributed by atoms with E-state index in [1.807, 2.05) is 0 Å². The minimum absolute atomic E-state index is 0.482. The van der Waals surface area contributed by atoms with Gasteiger partial charge in [0.2, 0.25) is 0 Å². The average molecular weight is 368 g/mol. The summed E-state index contributed by atoms with van der Waals surface area (Å²) < 4.78 is 0. The molecule has 1 aliphatic rings. The molecule has 1 heterocycles. The fourth-order valence-corrected chi connectivity index (χ4v) is 4.03. The third-order valence-electron chi connectivity index (χ3n) is 5.30. The lowest BCUT2D eigenvalue weighted by Gasteiger charge is -2.31. The standard InChI is InChI=1S/C22H29N3S/c1-4-25(22(26)23-20-11-10-17(2)18(3)14-20)21-12-13-24(16-21)15-19-8-6-5-7-9-19/h5-11,14,21H,4,12-13,15-16H2,1-3H3,(H,23,26). The normalized spacial score (nSPS) is 17.3. The maximum atomic E-state index is 5.73. The van der Waals surface area contributed by atoms with Gasteiger partial charge in [0.25, 0.3) is 0 Å². The molecule has 0 aliphatic carbocycles. The average Bonchev–Trinajstić information content (AvgIpc) is 3.08. The Balaban J connectivity index is 1.59. The van der Waals surface area contributed by atoms with Crippen LogP contribution in [0.1, 0.15) is 30.0 Å². The van der Waals surface area contributed by atoms with E-state index in [9.17, 15) is 0 Å². The van der Waals surface area contributed by atoms with Crippen LogP contribution in [0.4, 0.5) is 5.69 Å². The van der Waals surface area contributed by atoms with Gasteiger partial charge in [-0.25, -0.2) is 0 Å². The van der Waals surface area contributed by atoms with Gasteiger partial charge in [-0.1, -0.05) is 36.4 Å². The molecule has 138 valence electrons. The van der Waals surface area contributed by atoms with Crippen LogP contribution in [0.3, 0.4) is 0 Å². The molecule has 3 nitrogen and oxygen atoms in total. The first kappa shape index (κ1) is 18.9. The van der Waals surface area contributed by atoms with Gasteiger partial charge in [0, 0.05) is 37.9 Å². The summed E-state index contributed by atoms with van der Waals surface area (Å²) in [5.74, 6) is 0. The van der Waals surface area contributed by atoms with Crippen molar-refractivity contribution in [3.05, 3.63) is 65.2 Å². The summed E-state index contributed by atoms with van der Waals surface area (Å²) in [6, 6.07) is 17.6. The molecule has 0 radical (unpaired) electrons. The molecular formula is C22H29N3S. The Morgan fingerprint density at radius 1 is 1.15 bits per heavy atom. The van der Waals surface area contributed by atoms with Crippen molar-refractivity contribution in [1.82, 2.24) is 9.80 Å². The largest absolute Gasteiger partial charge is 0.345 e. The van der Waals surface area contributed by atoms with Crippen molar-refractivity contribution in [2.45, 2.75) is 39.8 Å². The minimum Gasteiger partial charge on any atom is -0.345 e. The van der Waals surface area contributed by atoms with Crippen LogP contribution < -0.4 is 5.32 Å². The zero-order chi connectivity index (χ0) is 18.5. The van der Waals surface area contributed by atoms with Crippen LogP contribution in [0.15, 0.2) is 48.5 Å². The molecule has 3 rings (SSSR count). The highest BCUT2D eigenvalue weighted by molar-refractivity contribution is 7.80. The van der Waals surface area contributed by atoms with Crippen LogP contribution in [0.2, 0.25) is 0 Å². The maximum Gasteiger partial charge on any atom is 0.173 e. The quantitative estimate of drug-likeness (QED) is 0.778. The van der Waals surface area contributed by atoms with Gasteiger partial charge in [0.05, 0.1) is 0 Å². The number of nitrogens with zero attached hydrogens (tertiary/aromatic N) is 2. The first-order chi connectivity index (χ1) is 12.6. The lowest BCUT2D eigenvalue weighted by molar-refractivity contribution is 0.282. The number of likely N-dealkylation sites (tertiary alicyclic amines) is 1. The molecule has 0 amide bonds. The van der Waals surface area contributed by atoms with E-state index in [1.165, 1.54) is 16.7 Å². The minimum atomic E-state index is 0.482. The number of benzene rings is 2. The summed E-state index contributed by atoms with van der Waals surface area (Å²) in [5, 5.41) is 4.28. The lowest BCUT2D eigenvalue weighted by atomic mass is 10.1. The number of likely N-dealkylation sites (N-methyl/N-ethyl adjacent to an activating group) is 1. The van der Waals surface area contributed by atoms with Gasteiger partial charge in [0.1, 0.15) is 0 Å². The summed E-state index contributed by atoms with van der Waals surface area (Å²) in [4.78, 5) is 4.87. The van der Waals surface area contributed by atoms with Crippen LogP contribution in [0.5, 0.6) is 0 Å².